The largest absolute Gasteiger partial charge is 0.324 e. The van der Waals surface area contributed by atoms with Gasteiger partial charge in [0.2, 0.25) is 5.91 Å². The van der Waals surface area contributed by atoms with Gasteiger partial charge in [0.1, 0.15) is 6.07 Å². The molecule has 2 rings (SSSR count). The van der Waals surface area contributed by atoms with Gasteiger partial charge in [0, 0.05) is 6.54 Å². The monoisotopic (exact) mass is 293 g/mol. The van der Waals surface area contributed by atoms with E-state index in [1.54, 1.807) is 24.3 Å². The molecule has 2 aromatic carbocycles. The summed E-state index contributed by atoms with van der Waals surface area (Å²) in [6.45, 7) is 3.04. The van der Waals surface area contributed by atoms with Crippen LogP contribution in [0.15, 0.2) is 48.5 Å². The first-order valence-corrected chi connectivity index (χ1v) is 7.12. The summed E-state index contributed by atoms with van der Waals surface area (Å²) in [5.74, 6) is -0.126. The van der Waals surface area contributed by atoms with Crippen LogP contribution in [-0.4, -0.2) is 24.4 Å². The van der Waals surface area contributed by atoms with Gasteiger partial charge in [0.05, 0.1) is 17.8 Å². The number of likely N-dealkylation sites (N-methyl/N-ethyl adjacent to an activating group) is 1. The minimum absolute atomic E-state index is 0.126. The highest BCUT2D eigenvalue weighted by molar-refractivity contribution is 5.93. The predicted molar refractivity (Wildman–Crippen MR) is 87.3 cm³/mol. The maximum atomic E-state index is 12.1. The summed E-state index contributed by atoms with van der Waals surface area (Å²) >= 11 is 0. The van der Waals surface area contributed by atoms with Crippen molar-refractivity contribution in [1.29, 1.82) is 5.26 Å². The number of benzene rings is 2. The second-order valence-corrected chi connectivity index (χ2v) is 5.30. The predicted octanol–water partition coefficient (Wildman–Crippen LogP) is 2.94. The van der Waals surface area contributed by atoms with E-state index in [1.165, 1.54) is 11.1 Å². The Morgan fingerprint density at radius 2 is 1.86 bits per heavy atom. The minimum Gasteiger partial charge on any atom is -0.324 e. The second kappa shape index (κ2) is 7.39. The topological polar surface area (TPSA) is 56.1 Å². The van der Waals surface area contributed by atoms with Crippen molar-refractivity contribution in [3.8, 4) is 6.07 Å². The van der Waals surface area contributed by atoms with Gasteiger partial charge >= 0.3 is 0 Å². The third-order valence-corrected chi connectivity index (χ3v) is 3.44. The molecule has 22 heavy (non-hydrogen) atoms. The fourth-order valence-corrected chi connectivity index (χ4v) is 2.26. The molecular formula is C18H19N3O. The summed E-state index contributed by atoms with van der Waals surface area (Å²) in [6.07, 6.45) is 0. The fraction of sp³-hybridized carbons (Fsp3) is 0.222. The van der Waals surface area contributed by atoms with Gasteiger partial charge in [0.15, 0.2) is 0 Å². The van der Waals surface area contributed by atoms with Crippen LogP contribution >= 0.6 is 0 Å². The molecule has 0 aliphatic heterocycles. The Hall–Kier alpha value is -2.64. The zero-order valence-corrected chi connectivity index (χ0v) is 12.8. The summed E-state index contributed by atoms with van der Waals surface area (Å²) < 4.78 is 0. The summed E-state index contributed by atoms with van der Waals surface area (Å²) in [4.78, 5) is 14.1. The van der Waals surface area contributed by atoms with Crippen LogP contribution in [0, 0.1) is 18.3 Å². The molecule has 0 aliphatic carbocycles. The van der Waals surface area contributed by atoms with E-state index in [2.05, 4.69) is 30.4 Å². The summed E-state index contributed by atoms with van der Waals surface area (Å²) in [6, 6.07) is 17.2. The van der Waals surface area contributed by atoms with Crippen molar-refractivity contribution in [2.75, 3.05) is 18.9 Å². The molecule has 2 aromatic rings. The zero-order valence-electron chi connectivity index (χ0n) is 12.8. The van der Waals surface area contributed by atoms with E-state index in [0.29, 0.717) is 17.8 Å². The number of hydrogen-bond donors (Lipinski definition) is 1. The van der Waals surface area contributed by atoms with Crippen molar-refractivity contribution >= 4 is 11.6 Å². The number of amides is 1. The second-order valence-electron chi connectivity index (χ2n) is 5.30. The highest BCUT2D eigenvalue weighted by Gasteiger charge is 2.10. The average Bonchev–Trinajstić information content (AvgIpc) is 2.50. The lowest BCUT2D eigenvalue weighted by atomic mass is 10.1. The van der Waals surface area contributed by atoms with Crippen molar-refractivity contribution < 1.29 is 4.79 Å². The lowest BCUT2D eigenvalue weighted by Gasteiger charge is -2.17. The van der Waals surface area contributed by atoms with Crippen LogP contribution in [0.3, 0.4) is 0 Å². The van der Waals surface area contributed by atoms with Crippen molar-refractivity contribution in [3.63, 3.8) is 0 Å². The average molecular weight is 293 g/mol. The molecule has 0 saturated carbocycles. The Balaban J connectivity index is 1.95. The van der Waals surface area contributed by atoms with E-state index in [9.17, 15) is 4.79 Å². The van der Waals surface area contributed by atoms with Gasteiger partial charge in [0.25, 0.3) is 0 Å². The number of nitrogens with zero attached hydrogens (tertiary/aromatic N) is 2. The van der Waals surface area contributed by atoms with E-state index in [-0.39, 0.29) is 12.5 Å². The molecule has 0 radical (unpaired) electrons. The third-order valence-electron chi connectivity index (χ3n) is 3.44. The van der Waals surface area contributed by atoms with Crippen LogP contribution in [0.2, 0.25) is 0 Å². The molecule has 1 amide bonds. The Labute approximate surface area is 131 Å². The van der Waals surface area contributed by atoms with E-state index in [0.717, 1.165) is 0 Å². The maximum Gasteiger partial charge on any atom is 0.238 e. The van der Waals surface area contributed by atoms with Crippen LogP contribution in [0.1, 0.15) is 16.7 Å². The normalized spacial score (nSPS) is 10.3. The molecule has 4 heteroatoms. The molecule has 0 aliphatic rings. The molecule has 0 aromatic heterocycles. The first-order valence-electron chi connectivity index (χ1n) is 7.12. The molecule has 0 spiro atoms. The molecule has 4 nitrogen and oxygen atoms in total. The molecule has 1 N–H and O–H groups in total. The molecular weight excluding hydrogens is 274 g/mol. The first kappa shape index (κ1) is 15.7. The molecule has 0 atom stereocenters. The van der Waals surface area contributed by atoms with Crippen LogP contribution in [0.25, 0.3) is 0 Å². The van der Waals surface area contributed by atoms with Gasteiger partial charge in [-0.1, -0.05) is 36.4 Å². The summed E-state index contributed by atoms with van der Waals surface area (Å²) in [5.41, 5.74) is 3.44. The van der Waals surface area contributed by atoms with Gasteiger partial charge < -0.3 is 5.32 Å². The van der Waals surface area contributed by atoms with Crippen molar-refractivity contribution in [2.45, 2.75) is 13.5 Å². The maximum absolute atomic E-state index is 12.1. The summed E-state index contributed by atoms with van der Waals surface area (Å²) in [5, 5.41) is 11.8. The number of rotatable bonds is 5. The number of carbonyl (C=O) groups is 1. The Morgan fingerprint density at radius 1 is 1.18 bits per heavy atom. The highest BCUT2D eigenvalue weighted by Crippen LogP contribution is 2.14. The van der Waals surface area contributed by atoms with Crippen LogP contribution < -0.4 is 5.32 Å². The van der Waals surface area contributed by atoms with Gasteiger partial charge in [-0.3, -0.25) is 9.69 Å². The van der Waals surface area contributed by atoms with Crippen LogP contribution in [-0.2, 0) is 11.3 Å². The Bertz CT molecular complexity index is 703. The van der Waals surface area contributed by atoms with Gasteiger partial charge in [-0.2, -0.15) is 5.26 Å². The quantitative estimate of drug-likeness (QED) is 0.922. The molecule has 0 saturated heterocycles. The number of hydrogen-bond acceptors (Lipinski definition) is 3. The highest BCUT2D eigenvalue weighted by atomic mass is 16.2. The SMILES string of the molecule is Cc1ccccc1CN(C)CC(=O)Nc1ccccc1C#N. The van der Waals surface area contributed by atoms with E-state index in [4.69, 9.17) is 5.26 Å². The van der Waals surface area contributed by atoms with E-state index >= 15 is 0 Å². The minimum atomic E-state index is -0.126. The number of nitrogens with one attached hydrogen (secondary N) is 1. The van der Waals surface area contributed by atoms with Gasteiger partial charge in [-0.05, 0) is 37.2 Å². The Morgan fingerprint density at radius 3 is 2.59 bits per heavy atom. The number of anilines is 1. The van der Waals surface area contributed by atoms with E-state index in [1.807, 2.05) is 24.1 Å². The van der Waals surface area contributed by atoms with Crippen LogP contribution in [0.5, 0.6) is 0 Å². The van der Waals surface area contributed by atoms with Crippen molar-refractivity contribution in [2.24, 2.45) is 0 Å². The smallest absolute Gasteiger partial charge is 0.238 e. The fourth-order valence-electron chi connectivity index (χ4n) is 2.26. The Kier molecular flexibility index (Phi) is 5.29. The third kappa shape index (κ3) is 4.18. The molecule has 0 unspecified atom stereocenters. The molecule has 0 fully saturated rings. The van der Waals surface area contributed by atoms with Crippen LogP contribution in [0.4, 0.5) is 5.69 Å². The molecule has 0 bridgehead atoms. The van der Waals surface area contributed by atoms with Gasteiger partial charge in [-0.25, -0.2) is 0 Å². The zero-order chi connectivity index (χ0) is 15.9. The molecule has 112 valence electrons. The lowest BCUT2D eigenvalue weighted by molar-refractivity contribution is -0.117. The standard InChI is InChI=1S/C18H19N3O/c1-14-7-3-4-9-16(14)12-21(2)13-18(22)20-17-10-6-5-8-15(17)11-19/h3-10H,12-13H2,1-2H3,(H,20,22). The van der Waals surface area contributed by atoms with E-state index < -0.39 is 0 Å². The first-order chi connectivity index (χ1) is 10.6. The summed E-state index contributed by atoms with van der Waals surface area (Å²) in [7, 11) is 1.90. The van der Waals surface area contributed by atoms with Crippen molar-refractivity contribution in [1.82, 2.24) is 4.90 Å². The van der Waals surface area contributed by atoms with Gasteiger partial charge in [-0.15, -0.1) is 0 Å². The number of para-hydroxylation sites is 1. The number of carbonyl (C=O) groups excluding carboxylic acids is 1. The van der Waals surface area contributed by atoms with Crippen molar-refractivity contribution in [3.05, 3.63) is 65.2 Å². The number of nitriles is 1. The lowest BCUT2D eigenvalue weighted by Crippen LogP contribution is -2.30. The number of aryl methyl sites for hydroxylation is 1. The molecule has 0 heterocycles.